The number of carbonyl (C=O) groups is 2. The van der Waals surface area contributed by atoms with Crippen molar-refractivity contribution in [1.29, 1.82) is 0 Å². The van der Waals surface area contributed by atoms with Gasteiger partial charge < -0.3 is 16.2 Å². The van der Waals surface area contributed by atoms with Crippen LogP contribution in [0.5, 0.6) is 0 Å². The molecule has 18 heavy (non-hydrogen) atoms. The third-order valence-electron chi connectivity index (χ3n) is 4.58. The number of amides is 1. The molecule has 0 unspecified atom stereocenters. The van der Waals surface area contributed by atoms with Crippen molar-refractivity contribution >= 4 is 11.9 Å². The van der Waals surface area contributed by atoms with Gasteiger partial charge in [-0.2, -0.15) is 0 Å². The standard InChI is InChI=1S/C13H22N2O3/c14-8-12(6-7-12)10(16)15-9-13(11(17)18)4-2-1-3-5-13/h1-9,14H2,(H,15,16)(H,17,18). The SMILES string of the molecule is NCC1(C(=O)NCC2(C(=O)O)CCCCC2)CC1. The normalized spacial score (nSPS) is 24.3. The molecule has 0 bridgehead atoms. The Kier molecular flexibility index (Phi) is 3.61. The van der Waals surface area contributed by atoms with Crippen LogP contribution in [0.1, 0.15) is 44.9 Å². The highest BCUT2D eigenvalue weighted by atomic mass is 16.4. The van der Waals surface area contributed by atoms with Crippen LogP contribution in [0.4, 0.5) is 0 Å². The van der Waals surface area contributed by atoms with Crippen molar-refractivity contribution in [3.8, 4) is 0 Å². The minimum absolute atomic E-state index is 0.0591. The maximum atomic E-state index is 12.0. The zero-order valence-corrected chi connectivity index (χ0v) is 10.7. The van der Waals surface area contributed by atoms with Gasteiger partial charge in [-0.15, -0.1) is 0 Å². The summed E-state index contributed by atoms with van der Waals surface area (Å²) in [6.45, 7) is 0.613. The molecule has 1 amide bonds. The zero-order valence-electron chi connectivity index (χ0n) is 10.7. The second kappa shape index (κ2) is 4.88. The van der Waals surface area contributed by atoms with Crippen molar-refractivity contribution < 1.29 is 14.7 Å². The van der Waals surface area contributed by atoms with E-state index in [0.29, 0.717) is 19.4 Å². The Morgan fingerprint density at radius 3 is 2.11 bits per heavy atom. The minimum atomic E-state index is -0.778. The molecule has 0 saturated heterocycles. The molecule has 4 N–H and O–H groups in total. The van der Waals surface area contributed by atoms with E-state index in [9.17, 15) is 14.7 Å². The van der Waals surface area contributed by atoms with E-state index in [1.54, 1.807) is 0 Å². The summed E-state index contributed by atoms with van der Waals surface area (Å²) in [6, 6.07) is 0. The van der Waals surface area contributed by atoms with Crippen LogP contribution in [0.3, 0.4) is 0 Å². The molecule has 0 spiro atoms. The Morgan fingerprint density at radius 1 is 1.06 bits per heavy atom. The van der Waals surface area contributed by atoms with Gasteiger partial charge in [-0.1, -0.05) is 19.3 Å². The highest BCUT2D eigenvalue weighted by Crippen LogP contribution is 2.45. The van der Waals surface area contributed by atoms with Crippen LogP contribution in [0, 0.1) is 10.8 Å². The predicted octanol–water partition coefficient (Wildman–Crippen LogP) is 0.877. The summed E-state index contributed by atoms with van der Waals surface area (Å²) < 4.78 is 0. The Morgan fingerprint density at radius 2 is 1.67 bits per heavy atom. The van der Waals surface area contributed by atoms with Crippen LogP contribution in [0.2, 0.25) is 0 Å². The van der Waals surface area contributed by atoms with Gasteiger partial charge in [0.2, 0.25) is 5.91 Å². The molecule has 0 aromatic carbocycles. The number of nitrogens with one attached hydrogen (secondary N) is 1. The van der Waals surface area contributed by atoms with Gasteiger partial charge in [0.1, 0.15) is 0 Å². The van der Waals surface area contributed by atoms with Crippen LogP contribution in [-0.4, -0.2) is 30.1 Å². The van der Waals surface area contributed by atoms with E-state index >= 15 is 0 Å². The third-order valence-corrected chi connectivity index (χ3v) is 4.58. The van der Waals surface area contributed by atoms with E-state index in [2.05, 4.69) is 5.32 Å². The van der Waals surface area contributed by atoms with Gasteiger partial charge in [-0.25, -0.2) is 0 Å². The number of nitrogens with two attached hydrogens (primary N) is 1. The van der Waals surface area contributed by atoms with Crippen LogP contribution in [0.15, 0.2) is 0 Å². The van der Waals surface area contributed by atoms with E-state index in [1.807, 2.05) is 0 Å². The Hall–Kier alpha value is -1.10. The maximum absolute atomic E-state index is 12.0. The summed E-state index contributed by atoms with van der Waals surface area (Å²) in [4.78, 5) is 23.4. The third kappa shape index (κ3) is 2.36. The number of hydrogen-bond donors (Lipinski definition) is 3. The molecule has 102 valence electrons. The molecule has 0 heterocycles. The van der Waals surface area contributed by atoms with E-state index in [-0.39, 0.29) is 12.5 Å². The van der Waals surface area contributed by atoms with Crippen LogP contribution < -0.4 is 11.1 Å². The quantitative estimate of drug-likeness (QED) is 0.679. The van der Waals surface area contributed by atoms with E-state index in [1.165, 1.54) is 0 Å². The predicted molar refractivity (Wildman–Crippen MR) is 66.9 cm³/mol. The molecule has 2 aliphatic rings. The lowest BCUT2D eigenvalue weighted by Crippen LogP contribution is -2.47. The molecule has 0 radical (unpaired) electrons. The van der Waals surface area contributed by atoms with Crippen molar-refractivity contribution in [3.63, 3.8) is 0 Å². The van der Waals surface area contributed by atoms with Crippen molar-refractivity contribution in [3.05, 3.63) is 0 Å². The second-order valence-corrected chi connectivity index (χ2v) is 5.81. The zero-order chi connectivity index (χ0) is 13.2. The van der Waals surface area contributed by atoms with E-state index in [0.717, 1.165) is 32.1 Å². The average Bonchev–Trinajstić information content (AvgIpc) is 3.18. The Balaban J connectivity index is 1.94. The summed E-state index contributed by atoms with van der Waals surface area (Å²) in [5, 5.41) is 12.2. The second-order valence-electron chi connectivity index (χ2n) is 5.81. The average molecular weight is 254 g/mol. The van der Waals surface area contributed by atoms with Crippen LogP contribution in [0.25, 0.3) is 0 Å². The number of aliphatic carboxylic acids is 1. The van der Waals surface area contributed by atoms with Gasteiger partial charge in [0.15, 0.2) is 0 Å². The molecule has 2 aliphatic carbocycles. The summed E-state index contributed by atoms with van der Waals surface area (Å²) in [6.07, 6.45) is 5.95. The molecule has 2 saturated carbocycles. The highest BCUT2D eigenvalue weighted by molar-refractivity contribution is 5.86. The smallest absolute Gasteiger partial charge is 0.311 e. The molecule has 0 atom stereocenters. The first-order chi connectivity index (χ1) is 8.55. The minimum Gasteiger partial charge on any atom is -0.481 e. The lowest BCUT2D eigenvalue weighted by molar-refractivity contribution is -0.151. The molecule has 2 rings (SSSR count). The molecule has 0 aromatic rings. The number of hydrogen-bond acceptors (Lipinski definition) is 3. The summed E-state index contributed by atoms with van der Waals surface area (Å²) in [5.74, 6) is -0.837. The molecular weight excluding hydrogens is 232 g/mol. The first-order valence-electron chi connectivity index (χ1n) is 6.76. The van der Waals surface area contributed by atoms with Gasteiger partial charge in [0.05, 0.1) is 10.8 Å². The summed E-state index contributed by atoms with van der Waals surface area (Å²) in [5.41, 5.74) is 4.45. The maximum Gasteiger partial charge on any atom is 0.311 e. The first-order valence-corrected chi connectivity index (χ1v) is 6.76. The van der Waals surface area contributed by atoms with Crippen LogP contribution >= 0.6 is 0 Å². The van der Waals surface area contributed by atoms with Gasteiger partial charge in [-0.3, -0.25) is 9.59 Å². The largest absolute Gasteiger partial charge is 0.481 e. The highest BCUT2D eigenvalue weighted by Gasteiger charge is 2.49. The van der Waals surface area contributed by atoms with Crippen molar-refractivity contribution in [2.75, 3.05) is 13.1 Å². The molecule has 5 nitrogen and oxygen atoms in total. The lowest BCUT2D eigenvalue weighted by atomic mass is 9.74. The van der Waals surface area contributed by atoms with Gasteiger partial charge in [0.25, 0.3) is 0 Å². The van der Waals surface area contributed by atoms with Crippen molar-refractivity contribution in [1.82, 2.24) is 5.32 Å². The molecular formula is C13H22N2O3. The fourth-order valence-electron chi connectivity index (χ4n) is 2.81. The van der Waals surface area contributed by atoms with Gasteiger partial charge >= 0.3 is 5.97 Å². The topological polar surface area (TPSA) is 92.4 Å². The van der Waals surface area contributed by atoms with Gasteiger partial charge in [-0.05, 0) is 25.7 Å². The van der Waals surface area contributed by atoms with Crippen molar-refractivity contribution in [2.45, 2.75) is 44.9 Å². The number of carboxylic acid groups (broad SMARTS) is 1. The Labute approximate surface area is 107 Å². The number of carbonyl (C=O) groups excluding carboxylic acids is 1. The lowest BCUT2D eigenvalue weighted by Gasteiger charge is -2.33. The first kappa shape index (κ1) is 13.3. The molecule has 0 aromatic heterocycles. The fourth-order valence-corrected chi connectivity index (χ4v) is 2.81. The molecule has 5 heteroatoms. The van der Waals surface area contributed by atoms with Gasteiger partial charge in [0, 0.05) is 13.1 Å². The monoisotopic (exact) mass is 254 g/mol. The van der Waals surface area contributed by atoms with E-state index in [4.69, 9.17) is 5.73 Å². The fraction of sp³-hybridized carbons (Fsp3) is 0.846. The van der Waals surface area contributed by atoms with Crippen LogP contribution in [-0.2, 0) is 9.59 Å². The van der Waals surface area contributed by atoms with Crippen molar-refractivity contribution in [2.24, 2.45) is 16.6 Å². The van der Waals surface area contributed by atoms with E-state index < -0.39 is 16.8 Å². The number of carboxylic acids is 1. The molecule has 0 aliphatic heterocycles. The number of rotatable bonds is 5. The Bertz CT molecular complexity index is 344. The summed E-state index contributed by atoms with van der Waals surface area (Å²) in [7, 11) is 0. The summed E-state index contributed by atoms with van der Waals surface area (Å²) >= 11 is 0. The molecule has 2 fully saturated rings.